The normalized spacial score (nSPS) is 11.1. The molecule has 0 aliphatic carbocycles. The fraction of sp³-hybridized carbons (Fsp3) is 0.222. The smallest absolute Gasteiger partial charge is 0.258 e. The van der Waals surface area contributed by atoms with E-state index < -0.39 is 0 Å². The average Bonchev–Trinajstić information content (AvgIpc) is 3.06. The Kier molecular flexibility index (Phi) is 5.48. The molecule has 0 saturated carbocycles. The summed E-state index contributed by atoms with van der Waals surface area (Å²) in [6.07, 6.45) is 0. The maximum Gasteiger partial charge on any atom is 0.258 e. The van der Waals surface area contributed by atoms with Crippen molar-refractivity contribution in [1.29, 1.82) is 0 Å². The van der Waals surface area contributed by atoms with Crippen LogP contribution >= 0.6 is 34.2 Å². The first-order valence-corrected chi connectivity index (χ1v) is 9.15. The van der Waals surface area contributed by atoms with E-state index in [4.69, 9.17) is 20.9 Å². The van der Waals surface area contributed by atoms with Gasteiger partial charge in [-0.3, -0.25) is 0 Å². The number of halogens is 2. The lowest BCUT2D eigenvalue weighted by molar-refractivity contribution is 0.271. The van der Waals surface area contributed by atoms with Crippen molar-refractivity contribution in [2.45, 2.75) is 13.8 Å². The van der Waals surface area contributed by atoms with Gasteiger partial charge in [0.15, 0.2) is 0 Å². The predicted octanol–water partition coefficient (Wildman–Crippen LogP) is 5.40. The van der Waals surface area contributed by atoms with Crippen LogP contribution in [0, 0.1) is 9.49 Å². The van der Waals surface area contributed by atoms with Crippen molar-refractivity contribution in [3.63, 3.8) is 0 Å². The Labute approximate surface area is 164 Å². The molecule has 130 valence electrons. The molecule has 0 atom stereocenters. The first kappa shape index (κ1) is 18.0. The summed E-state index contributed by atoms with van der Waals surface area (Å²) in [6.45, 7) is 4.75. The van der Waals surface area contributed by atoms with Gasteiger partial charge >= 0.3 is 0 Å². The lowest BCUT2D eigenvalue weighted by atomic mass is 10.2. The number of hydrogen-bond donors (Lipinski definition) is 1. The Balaban J connectivity index is 1.84. The summed E-state index contributed by atoms with van der Waals surface area (Å²) in [5.74, 6) is 2.09. The van der Waals surface area contributed by atoms with Crippen molar-refractivity contribution in [3.05, 3.63) is 45.0 Å². The zero-order chi connectivity index (χ0) is 18.0. The van der Waals surface area contributed by atoms with Gasteiger partial charge in [-0.2, -0.15) is 4.98 Å². The van der Waals surface area contributed by atoms with Gasteiger partial charge in [0, 0.05) is 11.1 Å². The zero-order valence-electron chi connectivity index (χ0n) is 13.7. The van der Waals surface area contributed by atoms with Crippen LogP contribution in [0.2, 0.25) is 5.02 Å². The molecule has 0 bridgehead atoms. The number of phenols is 1. The Morgan fingerprint density at radius 1 is 1.20 bits per heavy atom. The predicted molar refractivity (Wildman–Crippen MR) is 105 cm³/mol. The molecule has 1 aromatic heterocycles. The molecule has 0 saturated heterocycles. The van der Waals surface area contributed by atoms with Crippen molar-refractivity contribution >= 4 is 34.2 Å². The van der Waals surface area contributed by atoms with E-state index in [9.17, 15) is 5.11 Å². The van der Waals surface area contributed by atoms with Gasteiger partial charge < -0.3 is 14.4 Å². The summed E-state index contributed by atoms with van der Waals surface area (Å²) in [7, 11) is 0. The summed E-state index contributed by atoms with van der Waals surface area (Å²) in [5.41, 5.74) is 1.48. The van der Waals surface area contributed by atoms with Gasteiger partial charge in [-0.05, 0) is 64.9 Å². The summed E-state index contributed by atoms with van der Waals surface area (Å²) < 4.78 is 11.7. The van der Waals surface area contributed by atoms with Crippen LogP contribution in [-0.4, -0.2) is 21.9 Å². The molecule has 0 unspecified atom stereocenters. The van der Waals surface area contributed by atoms with Gasteiger partial charge in [-0.15, -0.1) is 0 Å². The third-order valence-electron chi connectivity index (χ3n) is 3.38. The van der Waals surface area contributed by atoms with Crippen molar-refractivity contribution in [1.82, 2.24) is 10.1 Å². The first-order chi connectivity index (χ1) is 11.9. The minimum atomic E-state index is 0.219. The minimum absolute atomic E-state index is 0.219. The van der Waals surface area contributed by atoms with E-state index in [-0.39, 0.29) is 5.75 Å². The van der Waals surface area contributed by atoms with Crippen LogP contribution in [0.25, 0.3) is 22.8 Å². The Morgan fingerprint density at radius 2 is 1.96 bits per heavy atom. The largest absolute Gasteiger partial charge is 0.507 e. The van der Waals surface area contributed by atoms with Crippen LogP contribution in [-0.2, 0) is 0 Å². The van der Waals surface area contributed by atoms with Crippen molar-refractivity contribution in [2.24, 2.45) is 5.92 Å². The van der Waals surface area contributed by atoms with E-state index >= 15 is 0 Å². The van der Waals surface area contributed by atoms with Crippen LogP contribution in [0.5, 0.6) is 11.5 Å². The molecule has 7 heteroatoms. The molecular weight excluding hydrogens is 455 g/mol. The van der Waals surface area contributed by atoms with Crippen molar-refractivity contribution in [2.75, 3.05) is 6.61 Å². The van der Waals surface area contributed by atoms with Gasteiger partial charge in [-0.25, -0.2) is 0 Å². The number of aromatic nitrogens is 2. The Hall–Kier alpha value is -1.80. The van der Waals surface area contributed by atoms with Crippen LogP contribution in [0.15, 0.2) is 40.9 Å². The number of phenolic OH excluding ortho intramolecular Hbond substituents is 1. The van der Waals surface area contributed by atoms with E-state index in [2.05, 4.69) is 24.0 Å². The molecule has 5 nitrogen and oxygen atoms in total. The highest BCUT2D eigenvalue weighted by Gasteiger charge is 2.14. The molecule has 0 amide bonds. The highest BCUT2D eigenvalue weighted by Crippen LogP contribution is 2.31. The Morgan fingerprint density at radius 3 is 2.64 bits per heavy atom. The molecule has 0 spiro atoms. The number of benzene rings is 2. The maximum absolute atomic E-state index is 9.61. The molecule has 1 N–H and O–H groups in total. The standard InChI is InChI=1S/C18H16ClIN2O3/c1-10(2)9-24-16-6-4-12(7-13(16)19)18-21-17(22-25-18)11-3-5-15(23)14(20)8-11/h3-8,10,23H,9H2,1-2H3. The Bertz CT molecular complexity index is 896. The van der Waals surface area contributed by atoms with E-state index in [1.54, 1.807) is 30.3 Å². The summed E-state index contributed by atoms with van der Waals surface area (Å²) in [5, 5.41) is 14.1. The monoisotopic (exact) mass is 470 g/mol. The first-order valence-electron chi connectivity index (χ1n) is 7.69. The molecule has 0 radical (unpaired) electrons. The third kappa shape index (κ3) is 4.24. The highest BCUT2D eigenvalue weighted by molar-refractivity contribution is 14.1. The quantitative estimate of drug-likeness (QED) is 0.506. The molecule has 25 heavy (non-hydrogen) atoms. The number of aromatic hydroxyl groups is 1. The summed E-state index contributed by atoms with van der Waals surface area (Å²) in [6, 6.07) is 10.5. The number of ether oxygens (including phenoxy) is 1. The van der Waals surface area contributed by atoms with E-state index in [1.807, 2.05) is 28.7 Å². The van der Waals surface area contributed by atoms with Crippen LogP contribution in [0.1, 0.15) is 13.8 Å². The lowest BCUT2D eigenvalue weighted by Crippen LogP contribution is -2.04. The summed E-state index contributed by atoms with van der Waals surface area (Å²) >= 11 is 8.33. The van der Waals surface area contributed by atoms with Gasteiger partial charge in [0.2, 0.25) is 5.82 Å². The molecule has 3 rings (SSSR count). The van der Waals surface area contributed by atoms with Crippen LogP contribution in [0.4, 0.5) is 0 Å². The van der Waals surface area contributed by atoms with Crippen molar-refractivity contribution < 1.29 is 14.4 Å². The molecule has 0 fully saturated rings. The highest BCUT2D eigenvalue weighted by atomic mass is 127. The van der Waals surface area contributed by atoms with E-state index in [1.165, 1.54) is 0 Å². The van der Waals surface area contributed by atoms with Gasteiger partial charge in [0.05, 0.1) is 15.2 Å². The maximum atomic E-state index is 9.61. The molecule has 1 heterocycles. The number of hydrogen-bond acceptors (Lipinski definition) is 5. The fourth-order valence-corrected chi connectivity index (χ4v) is 2.86. The topological polar surface area (TPSA) is 68.4 Å². The SMILES string of the molecule is CC(C)COc1ccc(-c2nc(-c3ccc(O)c(I)c3)no2)cc1Cl. The molecule has 3 aromatic rings. The third-order valence-corrected chi connectivity index (χ3v) is 4.54. The lowest BCUT2D eigenvalue weighted by Gasteiger charge is -2.10. The van der Waals surface area contributed by atoms with E-state index in [0.717, 1.165) is 9.13 Å². The number of nitrogens with zero attached hydrogens (tertiary/aromatic N) is 2. The van der Waals surface area contributed by atoms with Crippen LogP contribution in [0.3, 0.4) is 0 Å². The fourth-order valence-electron chi connectivity index (χ4n) is 2.11. The molecule has 0 aliphatic heterocycles. The van der Waals surface area contributed by atoms with Crippen LogP contribution < -0.4 is 4.74 Å². The van der Waals surface area contributed by atoms with Gasteiger partial charge in [0.25, 0.3) is 5.89 Å². The van der Waals surface area contributed by atoms with E-state index in [0.29, 0.717) is 40.6 Å². The van der Waals surface area contributed by atoms with Crippen molar-refractivity contribution in [3.8, 4) is 34.3 Å². The summed E-state index contributed by atoms with van der Waals surface area (Å²) in [4.78, 5) is 4.40. The zero-order valence-corrected chi connectivity index (χ0v) is 16.6. The minimum Gasteiger partial charge on any atom is -0.507 e. The second kappa shape index (κ2) is 7.61. The molecular formula is C18H16ClIN2O3. The second-order valence-electron chi connectivity index (χ2n) is 5.94. The second-order valence-corrected chi connectivity index (χ2v) is 7.51. The number of rotatable bonds is 5. The molecule has 0 aliphatic rings. The average molecular weight is 471 g/mol. The van der Waals surface area contributed by atoms with Gasteiger partial charge in [0.1, 0.15) is 11.5 Å². The molecule has 2 aromatic carbocycles. The van der Waals surface area contributed by atoms with Gasteiger partial charge in [-0.1, -0.05) is 30.6 Å².